The average molecular weight is 416 g/mol. The monoisotopic (exact) mass is 415 g/mol. The highest BCUT2D eigenvalue weighted by Gasteiger charge is 2.04. The number of hydrogen-bond acceptors (Lipinski definition) is 3. The quantitative estimate of drug-likeness (QED) is 0.194. The predicted octanol–water partition coefficient (Wildman–Crippen LogP) is 7.61. The Labute approximate surface area is 184 Å². The van der Waals surface area contributed by atoms with Gasteiger partial charge in [-0.2, -0.15) is 5.26 Å². The van der Waals surface area contributed by atoms with Crippen molar-refractivity contribution >= 4 is 23.0 Å². The van der Waals surface area contributed by atoms with Gasteiger partial charge in [-0.3, -0.25) is 0 Å². The lowest BCUT2D eigenvalue weighted by molar-refractivity contribution is 0.304. The highest BCUT2D eigenvalue weighted by Crippen LogP contribution is 2.23. The van der Waals surface area contributed by atoms with Gasteiger partial charge in [0.05, 0.1) is 18.2 Å². The number of hydrogen-bond donors (Lipinski definition) is 0. The van der Waals surface area contributed by atoms with Crippen molar-refractivity contribution in [1.29, 1.82) is 5.26 Å². The van der Waals surface area contributed by atoms with Crippen LogP contribution in [0.25, 0.3) is 11.6 Å². The molecule has 0 N–H and O–H groups in total. The van der Waals surface area contributed by atoms with Gasteiger partial charge in [-0.15, -0.1) is 11.3 Å². The average Bonchev–Trinajstić information content (AvgIpc) is 3.09. The van der Waals surface area contributed by atoms with E-state index in [4.69, 9.17) is 4.74 Å². The molecule has 0 bridgehead atoms. The van der Waals surface area contributed by atoms with Crippen molar-refractivity contribution in [3.63, 3.8) is 0 Å². The van der Waals surface area contributed by atoms with Crippen LogP contribution in [0.4, 0.5) is 0 Å². The van der Waals surface area contributed by atoms with Gasteiger partial charge < -0.3 is 4.74 Å². The standard InChI is InChI=1S/C27H29NOS/c1-21-18-25(22(2)30-21)12-8-3-4-9-17-29-27-15-13-24(14-16-27)26(20-28)19-23-10-6-5-7-11-23/h5-7,10-11,13-16,18-19H,3-4,8-9,12,17H2,1-2H3/b26-19+. The van der Waals surface area contributed by atoms with Crippen molar-refractivity contribution in [2.45, 2.75) is 46.0 Å². The van der Waals surface area contributed by atoms with Gasteiger partial charge in [0.2, 0.25) is 0 Å². The zero-order chi connectivity index (χ0) is 21.2. The highest BCUT2D eigenvalue weighted by atomic mass is 32.1. The molecule has 0 radical (unpaired) electrons. The number of ether oxygens (including phenoxy) is 1. The van der Waals surface area contributed by atoms with Gasteiger partial charge in [-0.1, -0.05) is 43.2 Å². The van der Waals surface area contributed by atoms with Crippen molar-refractivity contribution in [3.05, 3.63) is 87.1 Å². The largest absolute Gasteiger partial charge is 0.494 e. The maximum Gasteiger partial charge on any atom is 0.119 e. The van der Waals surface area contributed by atoms with E-state index < -0.39 is 0 Å². The van der Waals surface area contributed by atoms with Crippen molar-refractivity contribution in [1.82, 2.24) is 0 Å². The van der Waals surface area contributed by atoms with Crippen molar-refractivity contribution in [2.24, 2.45) is 0 Å². The third kappa shape index (κ3) is 6.61. The summed E-state index contributed by atoms with van der Waals surface area (Å²) in [6.45, 7) is 5.15. The summed E-state index contributed by atoms with van der Waals surface area (Å²) in [7, 11) is 0. The number of thiophene rings is 1. The van der Waals surface area contributed by atoms with Gasteiger partial charge in [0, 0.05) is 9.75 Å². The number of rotatable bonds is 10. The molecular weight excluding hydrogens is 386 g/mol. The molecule has 0 amide bonds. The summed E-state index contributed by atoms with van der Waals surface area (Å²) in [5, 5.41) is 9.49. The molecule has 0 spiro atoms. The minimum absolute atomic E-state index is 0.656. The molecule has 3 heteroatoms. The molecule has 0 fully saturated rings. The van der Waals surface area contributed by atoms with Crippen molar-refractivity contribution in [3.8, 4) is 11.8 Å². The van der Waals surface area contributed by atoms with Crippen molar-refractivity contribution in [2.75, 3.05) is 6.61 Å². The molecule has 1 heterocycles. The van der Waals surface area contributed by atoms with Crippen LogP contribution in [0.2, 0.25) is 0 Å². The molecular formula is C27H29NOS. The Morgan fingerprint density at radius 2 is 1.70 bits per heavy atom. The van der Waals surface area contributed by atoms with Crippen LogP contribution in [0.1, 0.15) is 52.1 Å². The predicted molar refractivity (Wildman–Crippen MR) is 128 cm³/mol. The Kier molecular flexibility index (Phi) is 8.30. The van der Waals surface area contributed by atoms with Gasteiger partial charge >= 0.3 is 0 Å². The number of nitrogens with zero attached hydrogens (tertiary/aromatic N) is 1. The van der Waals surface area contributed by atoms with E-state index in [0.717, 1.165) is 29.9 Å². The van der Waals surface area contributed by atoms with Crippen molar-refractivity contribution < 1.29 is 4.74 Å². The molecule has 3 rings (SSSR count). The maximum atomic E-state index is 9.49. The van der Waals surface area contributed by atoms with E-state index in [1.807, 2.05) is 72.0 Å². The lowest BCUT2D eigenvalue weighted by Crippen LogP contribution is -1.97. The number of aryl methyl sites for hydroxylation is 3. The summed E-state index contributed by atoms with van der Waals surface area (Å²) in [5.41, 5.74) is 4.11. The Morgan fingerprint density at radius 1 is 0.967 bits per heavy atom. The van der Waals surface area contributed by atoms with Gasteiger partial charge in [0.15, 0.2) is 0 Å². The smallest absolute Gasteiger partial charge is 0.119 e. The van der Waals surface area contributed by atoms with Crippen LogP contribution in [0.15, 0.2) is 60.7 Å². The molecule has 0 saturated heterocycles. The summed E-state index contributed by atoms with van der Waals surface area (Å²) in [6, 6.07) is 22.4. The molecule has 0 saturated carbocycles. The van der Waals surface area contributed by atoms with Crippen LogP contribution in [0.5, 0.6) is 5.75 Å². The fourth-order valence-corrected chi connectivity index (χ4v) is 4.50. The van der Waals surface area contributed by atoms with E-state index >= 15 is 0 Å². The van der Waals surface area contributed by atoms with E-state index in [1.54, 1.807) is 0 Å². The first kappa shape index (κ1) is 21.9. The SMILES string of the molecule is Cc1cc(CCCCCCOc2ccc(/C(C#N)=C/c3ccccc3)cc2)c(C)s1. The zero-order valence-corrected chi connectivity index (χ0v) is 18.7. The third-order valence-electron chi connectivity index (χ3n) is 5.15. The first-order chi connectivity index (χ1) is 14.7. The molecule has 0 aliphatic heterocycles. The lowest BCUT2D eigenvalue weighted by Gasteiger charge is -2.07. The topological polar surface area (TPSA) is 33.0 Å². The van der Waals surface area contributed by atoms with Gasteiger partial charge in [0.1, 0.15) is 5.75 Å². The molecule has 0 unspecified atom stereocenters. The second-order valence-electron chi connectivity index (χ2n) is 7.56. The molecule has 0 aliphatic carbocycles. The molecule has 2 nitrogen and oxygen atoms in total. The number of allylic oxidation sites excluding steroid dienone is 1. The number of unbranched alkanes of at least 4 members (excludes halogenated alkanes) is 3. The summed E-state index contributed by atoms with van der Waals surface area (Å²) in [5.74, 6) is 0.861. The maximum absolute atomic E-state index is 9.49. The summed E-state index contributed by atoms with van der Waals surface area (Å²) >= 11 is 1.90. The van der Waals surface area contributed by atoms with Gasteiger partial charge in [-0.05, 0) is 86.2 Å². The molecule has 0 aliphatic rings. The Hall–Kier alpha value is -2.83. The first-order valence-corrected chi connectivity index (χ1v) is 11.4. The van der Waals surface area contributed by atoms with E-state index in [0.29, 0.717) is 5.57 Å². The number of nitriles is 1. The van der Waals surface area contributed by atoms with E-state index in [2.05, 4.69) is 26.0 Å². The molecule has 1 aromatic heterocycles. The first-order valence-electron chi connectivity index (χ1n) is 10.6. The Morgan fingerprint density at radius 3 is 2.37 bits per heavy atom. The minimum atomic E-state index is 0.656. The fourth-order valence-electron chi connectivity index (χ4n) is 3.52. The summed E-state index contributed by atoms with van der Waals surface area (Å²) in [6.07, 6.45) is 7.85. The van der Waals surface area contributed by atoms with Crippen LogP contribution in [0.3, 0.4) is 0 Å². The van der Waals surface area contributed by atoms with Gasteiger partial charge in [0.25, 0.3) is 0 Å². The van der Waals surface area contributed by atoms with E-state index in [1.165, 1.54) is 41.0 Å². The Bertz CT molecular complexity index is 994. The molecule has 0 atom stereocenters. The minimum Gasteiger partial charge on any atom is -0.494 e. The van der Waals surface area contributed by atoms with Crippen LogP contribution in [-0.2, 0) is 6.42 Å². The van der Waals surface area contributed by atoms with Gasteiger partial charge in [-0.25, -0.2) is 0 Å². The highest BCUT2D eigenvalue weighted by molar-refractivity contribution is 7.12. The van der Waals surface area contributed by atoms with Crippen LogP contribution >= 0.6 is 11.3 Å². The summed E-state index contributed by atoms with van der Waals surface area (Å²) in [4.78, 5) is 2.89. The second-order valence-corrected chi connectivity index (χ2v) is 9.02. The van der Waals surface area contributed by atoms with Crippen LogP contribution < -0.4 is 4.74 Å². The van der Waals surface area contributed by atoms with E-state index in [-0.39, 0.29) is 0 Å². The van der Waals surface area contributed by atoms with Crippen LogP contribution in [0, 0.1) is 25.2 Å². The van der Waals surface area contributed by atoms with Crippen LogP contribution in [-0.4, -0.2) is 6.61 Å². The summed E-state index contributed by atoms with van der Waals surface area (Å²) < 4.78 is 5.88. The molecule has 154 valence electrons. The molecule has 30 heavy (non-hydrogen) atoms. The molecule has 2 aromatic carbocycles. The fraction of sp³-hybridized carbons (Fsp3) is 0.296. The lowest BCUT2D eigenvalue weighted by atomic mass is 10.0. The number of benzene rings is 2. The second kappa shape index (κ2) is 11.4. The Balaban J connectivity index is 1.39. The zero-order valence-electron chi connectivity index (χ0n) is 17.9. The third-order valence-corrected chi connectivity index (χ3v) is 6.16. The molecule has 3 aromatic rings. The normalized spacial score (nSPS) is 11.3. The van der Waals surface area contributed by atoms with E-state index in [9.17, 15) is 5.26 Å².